The minimum absolute atomic E-state index is 0.0333. The molecule has 2 aliphatic rings. The molecule has 0 heterocycles. The van der Waals surface area contributed by atoms with Crippen molar-refractivity contribution in [2.45, 2.75) is 0 Å². The molecule has 0 atom stereocenters. The number of allylic oxidation sites excluding steroid dienone is 8. The van der Waals surface area contributed by atoms with Crippen LogP contribution < -0.4 is 0 Å². The van der Waals surface area contributed by atoms with Crippen LogP contribution in [0.5, 0.6) is 0 Å². The Morgan fingerprint density at radius 3 is 1.44 bits per heavy atom. The first-order valence-electron chi connectivity index (χ1n) is 4.43. The van der Waals surface area contributed by atoms with Crippen molar-refractivity contribution in [3.63, 3.8) is 0 Å². The number of hydrogen-bond donors (Lipinski definition) is 0. The van der Waals surface area contributed by atoms with Crippen molar-refractivity contribution in [2.75, 3.05) is 0 Å². The van der Waals surface area contributed by atoms with E-state index in [1.54, 1.807) is 12.1 Å². The Hall–Kier alpha value is -2.72. The summed E-state index contributed by atoms with van der Waals surface area (Å²) in [5, 5.41) is 17.7. The maximum atomic E-state index is 11.4. The lowest BCUT2D eigenvalue weighted by atomic mass is 9.85. The van der Waals surface area contributed by atoms with Gasteiger partial charge >= 0.3 is 0 Å². The zero-order valence-electron chi connectivity index (χ0n) is 8.02. The van der Waals surface area contributed by atoms with Gasteiger partial charge in [-0.3, -0.25) is 9.59 Å². The van der Waals surface area contributed by atoms with E-state index >= 15 is 0 Å². The van der Waals surface area contributed by atoms with Crippen molar-refractivity contribution in [3.8, 4) is 12.1 Å². The van der Waals surface area contributed by atoms with E-state index in [1.165, 1.54) is 24.3 Å². The Balaban J connectivity index is 2.77. The molecule has 0 unspecified atom stereocenters. The van der Waals surface area contributed by atoms with Crippen LogP contribution in [0.1, 0.15) is 0 Å². The van der Waals surface area contributed by atoms with Crippen LogP contribution in [0, 0.1) is 22.7 Å². The van der Waals surface area contributed by atoms with Crippen LogP contribution in [-0.2, 0) is 9.59 Å². The number of hydrogen-bond acceptors (Lipinski definition) is 4. The highest BCUT2D eigenvalue weighted by Crippen LogP contribution is 2.29. The molecule has 16 heavy (non-hydrogen) atoms. The van der Waals surface area contributed by atoms with E-state index in [1.807, 2.05) is 0 Å². The molecular weight excluding hydrogens is 204 g/mol. The number of nitriles is 2. The summed E-state index contributed by atoms with van der Waals surface area (Å²) in [4.78, 5) is 22.7. The Kier molecular flexibility index (Phi) is 2.12. The van der Waals surface area contributed by atoms with Crippen molar-refractivity contribution >= 4 is 11.6 Å². The van der Waals surface area contributed by atoms with Gasteiger partial charge in [-0.25, -0.2) is 0 Å². The third-order valence-corrected chi connectivity index (χ3v) is 2.35. The standard InChI is InChI=1S/C12H4N2O2/c13-5-9-7-1-3-11(15)10(6-14)8(7)2-4-12(9)16/h1-4H. The van der Waals surface area contributed by atoms with Crippen LogP contribution in [0.25, 0.3) is 0 Å². The third-order valence-electron chi connectivity index (χ3n) is 2.35. The normalized spacial score (nSPS) is 18.4. The summed E-state index contributed by atoms with van der Waals surface area (Å²) in [5.74, 6) is -0.810. The molecule has 74 valence electrons. The molecule has 0 aromatic heterocycles. The van der Waals surface area contributed by atoms with Gasteiger partial charge in [-0.05, 0) is 24.3 Å². The van der Waals surface area contributed by atoms with Gasteiger partial charge in [0, 0.05) is 11.1 Å². The quantitative estimate of drug-likeness (QED) is 0.592. The lowest BCUT2D eigenvalue weighted by Gasteiger charge is -2.15. The molecule has 0 saturated carbocycles. The zero-order valence-corrected chi connectivity index (χ0v) is 8.02. The highest BCUT2D eigenvalue weighted by atomic mass is 16.1. The van der Waals surface area contributed by atoms with Gasteiger partial charge < -0.3 is 0 Å². The number of carbonyl (C=O) groups is 2. The lowest BCUT2D eigenvalue weighted by molar-refractivity contribution is -0.112. The highest BCUT2D eigenvalue weighted by molar-refractivity contribution is 6.15. The predicted octanol–water partition coefficient (Wildman–Crippen LogP) is 0.905. The van der Waals surface area contributed by atoms with Gasteiger partial charge in [-0.1, -0.05) is 0 Å². The van der Waals surface area contributed by atoms with E-state index in [9.17, 15) is 9.59 Å². The van der Waals surface area contributed by atoms with E-state index in [0.717, 1.165) is 0 Å². The van der Waals surface area contributed by atoms with Crippen LogP contribution in [0.3, 0.4) is 0 Å². The Morgan fingerprint density at radius 1 is 0.750 bits per heavy atom. The maximum Gasteiger partial charge on any atom is 0.197 e. The second-order valence-corrected chi connectivity index (χ2v) is 3.20. The van der Waals surface area contributed by atoms with Gasteiger partial charge in [0.15, 0.2) is 11.6 Å². The fourth-order valence-corrected chi connectivity index (χ4v) is 1.60. The van der Waals surface area contributed by atoms with Crippen LogP contribution in [-0.4, -0.2) is 11.6 Å². The second kappa shape index (κ2) is 3.45. The van der Waals surface area contributed by atoms with Crippen LogP contribution in [0.4, 0.5) is 0 Å². The fraction of sp³-hybridized carbons (Fsp3) is 0. The molecule has 0 saturated heterocycles. The molecule has 0 bridgehead atoms. The summed E-state index contributed by atoms with van der Waals surface area (Å²) >= 11 is 0. The van der Waals surface area contributed by atoms with Gasteiger partial charge in [0.2, 0.25) is 0 Å². The summed E-state index contributed by atoms with van der Waals surface area (Å²) < 4.78 is 0. The number of ketones is 2. The third kappa shape index (κ3) is 1.22. The molecule has 0 amide bonds. The molecular formula is C12H4N2O2. The van der Waals surface area contributed by atoms with Crippen molar-refractivity contribution in [1.82, 2.24) is 0 Å². The number of rotatable bonds is 0. The van der Waals surface area contributed by atoms with E-state index in [-0.39, 0.29) is 11.1 Å². The zero-order chi connectivity index (χ0) is 11.7. The monoisotopic (exact) mass is 208 g/mol. The Morgan fingerprint density at radius 2 is 1.12 bits per heavy atom. The average Bonchev–Trinajstić information content (AvgIpc) is 2.29. The summed E-state index contributed by atoms with van der Waals surface area (Å²) in [6.45, 7) is 0. The van der Waals surface area contributed by atoms with Crippen molar-refractivity contribution in [2.24, 2.45) is 0 Å². The smallest absolute Gasteiger partial charge is 0.197 e. The van der Waals surface area contributed by atoms with Crippen molar-refractivity contribution < 1.29 is 9.59 Å². The molecule has 0 aliphatic heterocycles. The molecule has 4 nitrogen and oxygen atoms in total. The molecule has 0 radical (unpaired) electrons. The largest absolute Gasteiger partial charge is 0.288 e. The molecule has 0 fully saturated rings. The summed E-state index contributed by atoms with van der Waals surface area (Å²) in [7, 11) is 0. The second-order valence-electron chi connectivity index (χ2n) is 3.20. The predicted molar refractivity (Wildman–Crippen MR) is 53.6 cm³/mol. The van der Waals surface area contributed by atoms with Gasteiger partial charge in [-0.2, -0.15) is 10.5 Å². The van der Waals surface area contributed by atoms with Gasteiger partial charge in [0.05, 0.1) is 0 Å². The van der Waals surface area contributed by atoms with Crippen LogP contribution >= 0.6 is 0 Å². The summed E-state index contributed by atoms with van der Waals surface area (Å²) in [6.07, 6.45) is 5.19. The molecule has 0 N–H and O–H groups in total. The Labute approximate surface area is 91.1 Å². The van der Waals surface area contributed by atoms with Gasteiger partial charge in [-0.15, -0.1) is 0 Å². The first-order valence-corrected chi connectivity index (χ1v) is 4.43. The molecule has 0 spiro atoms. The average molecular weight is 208 g/mol. The molecule has 4 heteroatoms. The van der Waals surface area contributed by atoms with Gasteiger partial charge in [0.1, 0.15) is 23.3 Å². The van der Waals surface area contributed by atoms with Crippen molar-refractivity contribution in [1.29, 1.82) is 10.5 Å². The van der Waals surface area contributed by atoms with Crippen LogP contribution in [0.2, 0.25) is 0 Å². The van der Waals surface area contributed by atoms with Crippen molar-refractivity contribution in [3.05, 3.63) is 46.6 Å². The highest BCUT2D eigenvalue weighted by Gasteiger charge is 2.25. The van der Waals surface area contributed by atoms with E-state index in [4.69, 9.17) is 10.5 Å². The first-order chi connectivity index (χ1) is 7.69. The lowest BCUT2D eigenvalue weighted by Crippen LogP contribution is -2.13. The summed E-state index contributed by atoms with van der Waals surface area (Å²) in [6, 6.07) is 3.57. The number of carbonyl (C=O) groups excluding carboxylic acids is 2. The van der Waals surface area contributed by atoms with Gasteiger partial charge in [0.25, 0.3) is 0 Å². The minimum Gasteiger partial charge on any atom is -0.288 e. The fourth-order valence-electron chi connectivity index (χ4n) is 1.60. The maximum absolute atomic E-state index is 11.4. The van der Waals surface area contributed by atoms with E-state index in [2.05, 4.69) is 0 Å². The number of fused-ring (bicyclic) bond motifs is 1. The molecule has 2 aliphatic carbocycles. The van der Waals surface area contributed by atoms with Crippen LogP contribution in [0.15, 0.2) is 46.6 Å². The number of nitrogens with zero attached hydrogens (tertiary/aromatic N) is 2. The molecule has 2 rings (SSSR count). The SMILES string of the molecule is N#CC1=C2C=CC(=O)C(C#N)=C2C=CC1=O. The first kappa shape index (κ1) is 9.82. The minimum atomic E-state index is -0.405. The Bertz CT molecular complexity index is 560. The molecule has 0 aromatic carbocycles. The topological polar surface area (TPSA) is 81.7 Å². The van der Waals surface area contributed by atoms with E-state index in [0.29, 0.717) is 11.1 Å². The van der Waals surface area contributed by atoms with E-state index < -0.39 is 11.6 Å². The summed E-state index contributed by atoms with van der Waals surface area (Å²) in [5.41, 5.74) is 0.639. The molecule has 0 aromatic rings.